The van der Waals surface area contributed by atoms with E-state index in [4.69, 9.17) is 21.0 Å². The van der Waals surface area contributed by atoms with Gasteiger partial charge in [0.05, 0.1) is 7.11 Å². The topological polar surface area (TPSA) is 31.4 Å². The summed E-state index contributed by atoms with van der Waals surface area (Å²) in [6, 6.07) is 25.4. The summed E-state index contributed by atoms with van der Waals surface area (Å²) in [7, 11) is 1.66. The number of hydrogen-bond acceptors (Lipinski definition) is 3. The van der Waals surface area contributed by atoms with Crippen LogP contribution in [0, 0.1) is 0 Å². The van der Waals surface area contributed by atoms with Gasteiger partial charge in [-0.1, -0.05) is 60.1 Å². The molecule has 4 aromatic rings. The number of benzene rings is 3. The third kappa shape index (κ3) is 3.62. The van der Waals surface area contributed by atoms with E-state index in [0.29, 0.717) is 10.8 Å². The number of halogens is 1. The second kappa shape index (κ2) is 7.72. The lowest BCUT2D eigenvalue weighted by molar-refractivity contribution is 0.417. The normalized spacial score (nSPS) is 10.6. The highest BCUT2D eigenvalue weighted by atomic mass is 35.5. The van der Waals surface area contributed by atoms with Crippen LogP contribution in [0.5, 0.6) is 11.5 Å². The van der Waals surface area contributed by atoms with Crippen LogP contribution in [0.25, 0.3) is 10.9 Å². The SMILES string of the molecule is COc1ccccc1B(Oc1cccc2cccnc12)c1cccc(Cl)c1. The minimum atomic E-state index is -0.382. The molecule has 3 nitrogen and oxygen atoms in total. The first-order valence-corrected chi connectivity index (χ1v) is 9.03. The van der Waals surface area contributed by atoms with Gasteiger partial charge in [-0.05, 0) is 35.8 Å². The lowest BCUT2D eigenvalue weighted by Crippen LogP contribution is -2.48. The van der Waals surface area contributed by atoms with Crippen LogP contribution >= 0.6 is 11.6 Å². The number of rotatable bonds is 5. The maximum atomic E-state index is 6.50. The summed E-state index contributed by atoms with van der Waals surface area (Å²) in [6.45, 7) is -0.382. The van der Waals surface area contributed by atoms with E-state index in [2.05, 4.69) is 4.98 Å². The predicted molar refractivity (Wildman–Crippen MR) is 112 cm³/mol. The fraction of sp³-hybridized carbons (Fsp3) is 0.0455. The molecule has 1 heterocycles. The molecular weight excluding hydrogens is 357 g/mol. The second-order valence-electron chi connectivity index (χ2n) is 6.13. The highest BCUT2D eigenvalue weighted by Gasteiger charge is 2.28. The molecule has 4 rings (SSSR count). The van der Waals surface area contributed by atoms with Crippen molar-refractivity contribution in [1.29, 1.82) is 0 Å². The lowest BCUT2D eigenvalue weighted by atomic mass is 9.55. The summed E-state index contributed by atoms with van der Waals surface area (Å²) in [5.41, 5.74) is 2.69. The molecule has 0 aliphatic carbocycles. The van der Waals surface area contributed by atoms with Gasteiger partial charge in [-0.15, -0.1) is 0 Å². The third-order valence-electron chi connectivity index (χ3n) is 4.41. The van der Waals surface area contributed by atoms with Crippen LogP contribution in [0.15, 0.2) is 85.1 Å². The van der Waals surface area contributed by atoms with E-state index in [-0.39, 0.29) is 6.92 Å². The van der Waals surface area contributed by atoms with Gasteiger partial charge in [0.2, 0.25) is 0 Å². The van der Waals surface area contributed by atoms with Crippen LogP contribution in [-0.2, 0) is 0 Å². The summed E-state index contributed by atoms with van der Waals surface area (Å²) in [6.07, 6.45) is 1.77. The van der Waals surface area contributed by atoms with Gasteiger partial charge in [0, 0.05) is 22.1 Å². The molecular formula is C22H17BClNO2. The molecule has 1 aromatic heterocycles. The molecule has 0 bridgehead atoms. The van der Waals surface area contributed by atoms with Crippen LogP contribution in [-0.4, -0.2) is 19.0 Å². The average molecular weight is 374 g/mol. The molecule has 0 aliphatic rings. The summed E-state index contributed by atoms with van der Waals surface area (Å²) >= 11 is 6.25. The number of para-hydroxylation sites is 2. The van der Waals surface area contributed by atoms with Gasteiger partial charge in [0.15, 0.2) is 0 Å². The summed E-state index contributed by atoms with van der Waals surface area (Å²) in [4.78, 5) is 4.50. The Morgan fingerprint density at radius 3 is 2.48 bits per heavy atom. The molecule has 0 radical (unpaired) electrons. The first-order chi connectivity index (χ1) is 13.3. The third-order valence-corrected chi connectivity index (χ3v) is 4.65. The van der Waals surface area contributed by atoms with Gasteiger partial charge < -0.3 is 9.39 Å². The van der Waals surface area contributed by atoms with E-state index in [1.165, 1.54) is 0 Å². The van der Waals surface area contributed by atoms with E-state index in [9.17, 15) is 0 Å². The maximum absolute atomic E-state index is 6.50. The number of nitrogens with zero attached hydrogens (tertiary/aromatic N) is 1. The Kier molecular flexibility index (Phi) is 4.99. The Morgan fingerprint density at radius 1 is 0.852 bits per heavy atom. The first-order valence-electron chi connectivity index (χ1n) is 8.65. The second-order valence-corrected chi connectivity index (χ2v) is 6.56. The fourth-order valence-electron chi connectivity index (χ4n) is 3.16. The van der Waals surface area contributed by atoms with Crippen LogP contribution in [0.1, 0.15) is 0 Å². The van der Waals surface area contributed by atoms with Gasteiger partial charge in [-0.3, -0.25) is 4.98 Å². The Labute approximate surface area is 163 Å². The van der Waals surface area contributed by atoms with E-state index in [0.717, 1.165) is 27.6 Å². The lowest BCUT2D eigenvalue weighted by Gasteiger charge is -2.19. The van der Waals surface area contributed by atoms with Crippen molar-refractivity contribution in [2.24, 2.45) is 0 Å². The number of methoxy groups -OCH3 is 1. The van der Waals surface area contributed by atoms with Crippen molar-refractivity contribution in [3.63, 3.8) is 0 Å². The Bertz CT molecular complexity index is 1080. The monoisotopic (exact) mass is 373 g/mol. The molecule has 0 atom stereocenters. The minimum Gasteiger partial charge on any atom is -0.550 e. The zero-order valence-electron chi connectivity index (χ0n) is 14.8. The summed E-state index contributed by atoms with van der Waals surface area (Å²) in [5.74, 6) is 1.47. The van der Waals surface area contributed by atoms with E-state index < -0.39 is 0 Å². The van der Waals surface area contributed by atoms with Gasteiger partial charge in [-0.2, -0.15) is 0 Å². The van der Waals surface area contributed by atoms with Crippen molar-refractivity contribution in [3.8, 4) is 11.5 Å². The van der Waals surface area contributed by atoms with Gasteiger partial charge >= 0.3 is 6.92 Å². The number of ether oxygens (including phenoxy) is 1. The molecule has 0 saturated carbocycles. The van der Waals surface area contributed by atoms with Crippen molar-refractivity contribution in [1.82, 2.24) is 4.98 Å². The minimum absolute atomic E-state index is 0.382. The smallest absolute Gasteiger partial charge is 0.430 e. The van der Waals surface area contributed by atoms with E-state index >= 15 is 0 Å². The van der Waals surface area contributed by atoms with E-state index in [1.807, 2.05) is 78.9 Å². The molecule has 27 heavy (non-hydrogen) atoms. The van der Waals surface area contributed by atoms with Gasteiger partial charge in [0.1, 0.15) is 17.0 Å². The summed E-state index contributed by atoms with van der Waals surface area (Å²) < 4.78 is 12.1. The number of pyridine rings is 1. The van der Waals surface area contributed by atoms with Crippen LogP contribution in [0.2, 0.25) is 5.02 Å². The van der Waals surface area contributed by atoms with Crippen LogP contribution < -0.4 is 20.3 Å². The molecule has 0 spiro atoms. The standard InChI is InChI=1S/C22H17BClNO2/c1-26-20-12-3-2-11-19(20)23(17-9-5-10-18(24)15-17)27-21-13-4-7-16-8-6-14-25-22(16)21/h2-15H,1H3. The Morgan fingerprint density at radius 2 is 1.63 bits per heavy atom. The largest absolute Gasteiger partial charge is 0.550 e. The van der Waals surface area contributed by atoms with E-state index in [1.54, 1.807) is 13.3 Å². The molecule has 0 saturated heterocycles. The fourth-order valence-corrected chi connectivity index (χ4v) is 3.36. The molecule has 3 aromatic carbocycles. The zero-order chi connectivity index (χ0) is 18.6. The van der Waals surface area contributed by atoms with Crippen molar-refractivity contribution < 1.29 is 9.39 Å². The quantitative estimate of drug-likeness (QED) is 0.494. The highest BCUT2D eigenvalue weighted by Crippen LogP contribution is 2.24. The zero-order valence-corrected chi connectivity index (χ0v) is 15.6. The number of fused-ring (bicyclic) bond motifs is 1. The molecule has 0 amide bonds. The first kappa shape index (κ1) is 17.4. The average Bonchev–Trinajstić information content (AvgIpc) is 2.72. The predicted octanol–water partition coefficient (Wildman–Crippen LogP) is 4.08. The summed E-state index contributed by atoms with van der Waals surface area (Å²) in [5, 5.41) is 1.69. The van der Waals surface area contributed by atoms with Crippen molar-refractivity contribution >= 4 is 40.3 Å². The number of hydrogen-bond donors (Lipinski definition) is 0. The molecule has 0 N–H and O–H groups in total. The maximum Gasteiger partial charge on any atom is 0.430 e. The Hall–Kier alpha value is -2.98. The molecule has 5 heteroatoms. The highest BCUT2D eigenvalue weighted by molar-refractivity contribution is 6.81. The Balaban J connectivity index is 1.85. The molecule has 0 fully saturated rings. The van der Waals surface area contributed by atoms with Gasteiger partial charge in [-0.25, -0.2) is 0 Å². The molecule has 132 valence electrons. The molecule has 0 aliphatic heterocycles. The van der Waals surface area contributed by atoms with Crippen LogP contribution in [0.3, 0.4) is 0 Å². The van der Waals surface area contributed by atoms with Crippen LogP contribution in [0.4, 0.5) is 0 Å². The number of aromatic nitrogens is 1. The van der Waals surface area contributed by atoms with Crippen molar-refractivity contribution in [2.45, 2.75) is 0 Å². The van der Waals surface area contributed by atoms with Crippen molar-refractivity contribution in [2.75, 3.05) is 7.11 Å². The van der Waals surface area contributed by atoms with Gasteiger partial charge in [0.25, 0.3) is 0 Å². The molecule has 0 unspecified atom stereocenters. The van der Waals surface area contributed by atoms with Crippen molar-refractivity contribution in [3.05, 3.63) is 90.1 Å².